The van der Waals surface area contributed by atoms with Crippen LogP contribution in [-0.2, 0) is 49.3 Å². The molecule has 0 aliphatic carbocycles. The number of fused-ring (bicyclic) bond motifs is 2. The van der Waals surface area contributed by atoms with Crippen molar-refractivity contribution in [2.45, 2.75) is 135 Å². The minimum atomic E-state index is -3.67. The molecule has 5 N–H and O–H groups in total. The van der Waals surface area contributed by atoms with Crippen LogP contribution >= 0.6 is 0 Å². The number of benzene rings is 4. The van der Waals surface area contributed by atoms with Crippen LogP contribution in [0.2, 0.25) is 0 Å². The Balaban J connectivity index is 0.000000193. The van der Waals surface area contributed by atoms with Crippen molar-refractivity contribution < 1.29 is 40.6 Å². The fraction of sp³-hybridized carbons (Fsp3) is 0.352. The number of carbonyl (C=O) groups excluding carboxylic acids is 1. The highest BCUT2D eigenvalue weighted by Gasteiger charge is 2.32. The molecule has 378 valence electrons. The lowest BCUT2D eigenvalue weighted by Gasteiger charge is -2.34. The second kappa shape index (κ2) is 21.2. The van der Waals surface area contributed by atoms with Crippen molar-refractivity contribution in [2.75, 3.05) is 11.1 Å². The zero-order valence-electron chi connectivity index (χ0n) is 42.6. The molecule has 0 saturated heterocycles. The molecule has 4 aromatic carbocycles. The summed E-state index contributed by atoms with van der Waals surface area (Å²) in [6.45, 7) is 23.6. The van der Waals surface area contributed by atoms with Crippen molar-refractivity contribution in [1.29, 1.82) is 0 Å². The zero-order valence-corrected chi connectivity index (χ0v) is 44.2. The van der Waals surface area contributed by atoms with Gasteiger partial charge < -0.3 is 30.0 Å². The molecule has 0 atom stereocenters. The molecule has 2 aromatic heterocycles. The van der Waals surface area contributed by atoms with Crippen LogP contribution in [0.4, 0.5) is 11.4 Å². The van der Waals surface area contributed by atoms with Gasteiger partial charge in [0.2, 0.25) is 31.6 Å². The number of nitrogens with one attached hydrogen (secondary N) is 3. The third-order valence-electron chi connectivity index (χ3n) is 10.8. The number of aldehydes is 1. The first-order valence-corrected chi connectivity index (χ1v) is 26.1. The summed E-state index contributed by atoms with van der Waals surface area (Å²) >= 11 is 0. The number of ether oxygens (including phenoxy) is 4. The van der Waals surface area contributed by atoms with Crippen molar-refractivity contribution >= 4 is 37.7 Å². The van der Waals surface area contributed by atoms with Crippen LogP contribution in [0.25, 0.3) is 22.3 Å². The van der Waals surface area contributed by atoms with E-state index in [4.69, 9.17) is 24.7 Å². The maximum Gasteiger partial charge on any atom is 0.241 e. The van der Waals surface area contributed by atoms with E-state index in [2.05, 4.69) is 24.7 Å². The normalized spacial score (nSPS) is 14.9. The molecule has 2 aliphatic rings. The minimum absolute atomic E-state index is 0.260. The van der Waals surface area contributed by atoms with E-state index in [-0.39, 0.29) is 9.79 Å². The lowest BCUT2D eigenvalue weighted by molar-refractivity contribution is -0.181. The standard InChI is InChI=1S/C27H33N3O4S.C16H20N2O2S.C11H13NO3/c1-18-25-23(17-33-27(5,6)34-25)20(15-28-18)16-29-21-13-11-19(12-14-21)22-9-7-8-10-24(22)35(31,32)30-26(2,3)4;1-16(2,3)18-21(19,20)15-7-5-4-6-14(15)12-8-10-13(17)11-9-12;1-7-10-9(8(5-13)4-12-7)6-14-11(2,3)15-10/h7-15,29-30H,16-17H2,1-6H3;4-11,18H,17H2,1-3H3;4-5H,6H2,1-3H3. The van der Waals surface area contributed by atoms with Gasteiger partial charge in [0.15, 0.2) is 12.0 Å². The average Bonchev–Trinajstić information content (AvgIpc) is 3.28. The highest BCUT2D eigenvalue weighted by molar-refractivity contribution is 7.90. The Morgan fingerprint density at radius 3 is 1.51 bits per heavy atom. The van der Waals surface area contributed by atoms with E-state index in [0.717, 1.165) is 56.9 Å². The average molecular weight is 1010 g/mol. The summed E-state index contributed by atoms with van der Waals surface area (Å²) < 4.78 is 79.5. The van der Waals surface area contributed by atoms with Gasteiger partial charge in [0.25, 0.3) is 0 Å². The van der Waals surface area contributed by atoms with Gasteiger partial charge in [-0.3, -0.25) is 14.8 Å². The molecule has 71 heavy (non-hydrogen) atoms. The van der Waals surface area contributed by atoms with Crippen molar-refractivity contribution in [1.82, 2.24) is 19.4 Å². The van der Waals surface area contributed by atoms with Gasteiger partial charge in [0.05, 0.1) is 34.4 Å². The van der Waals surface area contributed by atoms with E-state index in [1.807, 2.05) is 144 Å². The maximum atomic E-state index is 13.0. The lowest BCUT2D eigenvalue weighted by atomic mass is 10.0. The van der Waals surface area contributed by atoms with Gasteiger partial charge in [0, 0.05) is 96.9 Å². The quantitative estimate of drug-likeness (QED) is 0.0745. The van der Waals surface area contributed by atoms with Gasteiger partial charge >= 0.3 is 0 Å². The molecular formula is C54H66N6O9S2. The van der Waals surface area contributed by atoms with Crippen molar-refractivity contribution in [3.63, 3.8) is 0 Å². The first kappa shape index (κ1) is 54.1. The highest BCUT2D eigenvalue weighted by atomic mass is 32.2. The number of rotatable bonds is 10. The predicted molar refractivity (Wildman–Crippen MR) is 278 cm³/mol. The second-order valence-corrected chi connectivity index (χ2v) is 23.5. The molecule has 0 fully saturated rings. The molecule has 2 aliphatic heterocycles. The molecule has 0 unspecified atom stereocenters. The van der Waals surface area contributed by atoms with Gasteiger partial charge in [-0.25, -0.2) is 26.3 Å². The van der Waals surface area contributed by atoms with E-state index >= 15 is 0 Å². The van der Waals surface area contributed by atoms with E-state index in [9.17, 15) is 21.6 Å². The number of carbonyl (C=O) groups is 1. The maximum absolute atomic E-state index is 13.0. The molecule has 8 rings (SSSR count). The summed E-state index contributed by atoms with van der Waals surface area (Å²) in [4.78, 5) is 19.9. The Morgan fingerprint density at radius 2 is 1.04 bits per heavy atom. The largest absolute Gasteiger partial charge is 0.461 e. The van der Waals surface area contributed by atoms with Gasteiger partial charge in [-0.1, -0.05) is 60.7 Å². The van der Waals surface area contributed by atoms with Gasteiger partial charge in [-0.05, 0) is 108 Å². The number of nitrogens with zero attached hydrogens (tertiary/aromatic N) is 2. The zero-order chi connectivity index (χ0) is 52.2. The van der Waals surface area contributed by atoms with Crippen molar-refractivity contribution in [3.05, 3.63) is 143 Å². The minimum Gasteiger partial charge on any atom is -0.461 e. The Bertz CT molecular complexity index is 3090. The smallest absolute Gasteiger partial charge is 0.241 e. The Labute approximate surface area is 419 Å². The summed E-state index contributed by atoms with van der Waals surface area (Å²) in [6, 6.07) is 28.9. The van der Waals surface area contributed by atoms with Crippen LogP contribution in [0.3, 0.4) is 0 Å². The lowest BCUT2D eigenvalue weighted by Crippen LogP contribution is -2.40. The number of hydrogen-bond acceptors (Lipinski definition) is 13. The third kappa shape index (κ3) is 14.2. The van der Waals surface area contributed by atoms with Crippen LogP contribution in [0.15, 0.2) is 119 Å². The molecule has 15 nitrogen and oxygen atoms in total. The topological polar surface area (TPSA) is 210 Å². The predicted octanol–water partition coefficient (Wildman–Crippen LogP) is 10.3. The summed E-state index contributed by atoms with van der Waals surface area (Å²) in [5.41, 5.74) is 14.1. The van der Waals surface area contributed by atoms with E-state index in [1.165, 1.54) is 0 Å². The summed E-state index contributed by atoms with van der Waals surface area (Å²) in [6.07, 6.45) is 4.17. The SMILES string of the molecule is CC(C)(C)NS(=O)(=O)c1ccccc1-c1ccc(N)cc1.Cc1ncc(C=O)c2c1OC(C)(C)OC2.Cc1ncc(CNc2ccc(-c3ccccc3S(=O)(=O)NC(C)(C)C)cc2)c2c1OC(C)(C)OC2. The number of pyridine rings is 2. The molecule has 4 heterocycles. The first-order valence-electron chi connectivity index (χ1n) is 23.1. The molecule has 6 aromatic rings. The van der Waals surface area contributed by atoms with Gasteiger partial charge in [-0.2, -0.15) is 0 Å². The van der Waals surface area contributed by atoms with Crippen LogP contribution in [0, 0.1) is 13.8 Å². The van der Waals surface area contributed by atoms with Crippen LogP contribution in [0.5, 0.6) is 11.5 Å². The number of hydrogen-bond donors (Lipinski definition) is 4. The summed E-state index contributed by atoms with van der Waals surface area (Å²) in [7, 11) is -7.26. The summed E-state index contributed by atoms with van der Waals surface area (Å²) in [5, 5.41) is 3.42. The Morgan fingerprint density at radius 1 is 0.620 bits per heavy atom. The van der Waals surface area contributed by atoms with Crippen molar-refractivity contribution in [3.8, 4) is 33.8 Å². The number of anilines is 2. The number of nitrogens with two attached hydrogens (primary N) is 1. The van der Waals surface area contributed by atoms with Gasteiger partial charge in [0.1, 0.15) is 5.75 Å². The monoisotopic (exact) mass is 1010 g/mol. The number of aryl methyl sites for hydroxylation is 2. The molecular weight excluding hydrogens is 941 g/mol. The van der Waals surface area contributed by atoms with Crippen LogP contribution < -0.4 is 30.0 Å². The van der Waals surface area contributed by atoms with Crippen LogP contribution in [-0.4, -0.2) is 55.7 Å². The van der Waals surface area contributed by atoms with E-state index in [0.29, 0.717) is 47.9 Å². The number of aromatic nitrogens is 2. The second-order valence-electron chi connectivity index (χ2n) is 20.2. The molecule has 0 saturated carbocycles. The Hall–Kier alpha value is -6.21. The van der Waals surface area contributed by atoms with E-state index < -0.39 is 42.7 Å². The first-order chi connectivity index (χ1) is 33.1. The molecule has 0 radical (unpaired) electrons. The van der Waals surface area contributed by atoms with E-state index in [1.54, 1.807) is 48.7 Å². The number of sulfonamides is 2. The summed E-state index contributed by atoms with van der Waals surface area (Å²) in [5.74, 6) is 0.141. The van der Waals surface area contributed by atoms with Crippen LogP contribution in [0.1, 0.15) is 108 Å². The van der Waals surface area contributed by atoms with Crippen molar-refractivity contribution in [2.24, 2.45) is 0 Å². The Kier molecular flexibility index (Phi) is 16.2. The fourth-order valence-electron chi connectivity index (χ4n) is 7.62. The molecule has 0 spiro atoms. The third-order valence-corrected chi connectivity index (χ3v) is 14.5. The highest BCUT2D eigenvalue weighted by Crippen LogP contribution is 2.37. The number of nitrogen functional groups attached to an aromatic ring is 1. The fourth-order valence-corrected chi connectivity index (χ4v) is 10.9. The molecule has 0 amide bonds. The molecule has 0 bridgehead atoms. The molecule has 17 heteroatoms. The van der Waals surface area contributed by atoms with Gasteiger partial charge in [-0.15, -0.1) is 0 Å².